The molecule has 29 heavy (non-hydrogen) atoms. The molecule has 5 nitrogen and oxygen atoms in total. The zero-order chi connectivity index (χ0) is 20.8. The van der Waals surface area contributed by atoms with Crippen LogP contribution in [-0.2, 0) is 15.9 Å². The van der Waals surface area contributed by atoms with Gasteiger partial charge in [0, 0.05) is 24.6 Å². The lowest BCUT2D eigenvalue weighted by Crippen LogP contribution is -2.56. The summed E-state index contributed by atoms with van der Waals surface area (Å²) in [4.78, 5) is 26.4. The van der Waals surface area contributed by atoms with Gasteiger partial charge in [-0.05, 0) is 49.8 Å². The van der Waals surface area contributed by atoms with Gasteiger partial charge >= 0.3 is 0 Å². The number of rotatable bonds is 4. The zero-order valence-electron chi connectivity index (χ0n) is 16.1. The van der Waals surface area contributed by atoms with Crippen LogP contribution in [-0.4, -0.2) is 52.5 Å². The van der Waals surface area contributed by atoms with Gasteiger partial charge in [-0.15, -0.1) is 0 Å². The predicted molar refractivity (Wildman–Crippen MR) is 97.4 cm³/mol. The average molecular weight is 408 g/mol. The summed E-state index contributed by atoms with van der Waals surface area (Å²) in [6.45, 7) is 1.10. The minimum absolute atomic E-state index is 0.126. The topological polar surface area (TPSA) is 69.6 Å². The van der Waals surface area contributed by atoms with Crippen LogP contribution in [0.25, 0.3) is 0 Å². The van der Waals surface area contributed by atoms with E-state index in [1.54, 1.807) is 6.92 Å². The fourth-order valence-electron chi connectivity index (χ4n) is 4.93. The molecule has 1 heterocycles. The number of carbonyl (C=O) groups is 2. The van der Waals surface area contributed by atoms with E-state index in [9.17, 15) is 27.9 Å². The Morgan fingerprint density at radius 3 is 2.48 bits per heavy atom. The summed E-state index contributed by atoms with van der Waals surface area (Å²) >= 11 is 0. The van der Waals surface area contributed by atoms with Crippen molar-refractivity contribution in [2.75, 3.05) is 13.1 Å². The van der Waals surface area contributed by atoms with Crippen molar-refractivity contribution in [1.82, 2.24) is 10.2 Å². The van der Waals surface area contributed by atoms with Crippen LogP contribution in [0.3, 0.4) is 0 Å². The van der Waals surface area contributed by atoms with Gasteiger partial charge in [0.2, 0.25) is 5.91 Å². The fourth-order valence-corrected chi connectivity index (χ4v) is 4.93. The van der Waals surface area contributed by atoms with E-state index in [1.165, 1.54) is 18.2 Å². The highest BCUT2D eigenvalue weighted by molar-refractivity contribution is 6.00. The quantitative estimate of drug-likeness (QED) is 0.804. The molecule has 0 unspecified atom stereocenters. The third-order valence-corrected chi connectivity index (χ3v) is 6.89. The van der Waals surface area contributed by atoms with Gasteiger partial charge in [-0.1, -0.05) is 12.1 Å². The molecule has 4 aliphatic rings. The smallest absolute Gasteiger partial charge is 0.260 e. The maximum atomic E-state index is 14.5. The molecule has 0 bridgehead atoms. The normalized spacial score (nSPS) is 35.7. The molecule has 1 aromatic rings. The highest BCUT2D eigenvalue weighted by Gasteiger charge is 2.74. The number of carbonyl (C=O) groups excluding carboxylic acids is 2. The number of hydrogen-bond acceptors (Lipinski definition) is 3. The summed E-state index contributed by atoms with van der Waals surface area (Å²) in [5.74, 6) is -3.91. The summed E-state index contributed by atoms with van der Waals surface area (Å²) in [7, 11) is 0. The molecule has 156 valence electrons. The molecule has 1 atom stereocenters. The van der Waals surface area contributed by atoms with Gasteiger partial charge in [0.1, 0.15) is 5.67 Å². The minimum Gasteiger partial charge on any atom is -0.390 e. The Labute approximate surface area is 166 Å². The van der Waals surface area contributed by atoms with Gasteiger partial charge in [-0.2, -0.15) is 0 Å². The molecule has 3 fully saturated rings. The van der Waals surface area contributed by atoms with Gasteiger partial charge in [0.25, 0.3) is 11.8 Å². The number of aliphatic hydroxyl groups is 1. The maximum absolute atomic E-state index is 14.5. The standard InChI is InChI=1S/C21H23F3N2O3/c1-18(29)7-13(8-18)25-16(27)9-26-11-19(10-21(19,23)24)15-6-12(20(22)4-5-20)2-3-14(15)17(26)28/h2-3,6,13,29H,4-5,7-11H2,1H3,(H,25,27)/t13-,18-,19-/m0/s1. The number of benzene rings is 1. The van der Waals surface area contributed by atoms with Gasteiger partial charge < -0.3 is 15.3 Å². The lowest BCUT2D eigenvalue weighted by molar-refractivity contribution is -0.125. The fraction of sp³-hybridized carbons (Fsp3) is 0.619. The molecule has 3 aliphatic carbocycles. The SMILES string of the molecule is C[C@]1(O)C[C@H](NC(=O)CN2C[C@@]3(CC3(F)F)c3cc(C4(F)CC4)ccc3C2=O)C1. The van der Waals surface area contributed by atoms with Crippen LogP contribution in [0.4, 0.5) is 13.2 Å². The third kappa shape index (κ3) is 2.86. The number of nitrogens with zero attached hydrogens (tertiary/aromatic N) is 1. The van der Waals surface area contributed by atoms with Crippen LogP contribution in [0, 0.1) is 0 Å². The van der Waals surface area contributed by atoms with E-state index in [0.29, 0.717) is 31.2 Å². The number of amides is 2. The highest BCUT2D eigenvalue weighted by Crippen LogP contribution is 2.64. The van der Waals surface area contributed by atoms with Crippen molar-refractivity contribution < 1.29 is 27.9 Å². The third-order valence-electron chi connectivity index (χ3n) is 6.89. The lowest BCUT2D eigenvalue weighted by atomic mass is 9.77. The van der Waals surface area contributed by atoms with Crippen LogP contribution in [0.15, 0.2) is 18.2 Å². The van der Waals surface area contributed by atoms with Crippen LogP contribution < -0.4 is 5.32 Å². The Kier molecular flexibility index (Phi) is 3.61. The molecule has 1 aromatic carbocycles. The monoisotopic (exact) mass is 408 g/mol. The van der Waals surface area contributed by atoms with E-state index in [0.717, 1.165) is 4.90 Å². The van der Waals surface area contributed by atoms with Gasteiger partial charge in [-0.3, -0.25) is 9.59 Å². The first kappa shape index (κ1) is 18.9. The minimum atomic E-state index is -2.99. The Morgan fingerprint density at radius 1 is 1.28 bits per heavy atom. The second kappa shape index (κ2) is 5.53. The molecular weight excluding hydrogens is 385 g/mol. The molecule has 0 radical (unpaired) electrons. The van der Waals surface area contributed by atoms with Crippen molar-refractivity contribution in [3.05, 3.63) is 34.9 Å². The van der Waals surface area contributed by atoms with Gasteiger partial charge in [-0.25, -0.2) is 13.2 Å². The average Bonchev–Trinajstić information content (AvgIpc) is 3.47. The Balaban J connectivity index is 1.38. The number of fused-ring (bicyclic) bond motifs is 2. The summed E-state index contributed by atoms with van der Waals surface area (Å²) in [5, 5.41) is 12.5. The molecule has 5 rings (SSSR count). The molecule has 2 N–H and O–H groups in total. The first-order valence-corrected chi connectivity index (χ1v) is 9.98. The summed E-state index contributed by atoms with van der Waals surface area (Å²) in [6.07, 6.45) is 1.16. The van der Waals surface area contributed by atoms with E-state index < -0.39 is 40.8 Å². The van der Waals surface area contributed by atoms with Crippen molar-refractivity contribution >= 4 is 11.8 Å². The molecular formula is C21H23F3N2O3. The second-order valence-corrected chi connectivity index (χ2v) is 9.52. The number of halogens is 3. The summed E-state index contributed by atoms with van der Waals surface area (Å²) in [6, 6.07) is 4.19. The molecule has 1 spiro atoms. The lowest BCUT2D eigenvalue weighted by Gasteiger charge is -2.41. The molecule has 1 aliphatic heterocycles. The van der Waals surface area contributed by atoms with Crippen molar-refractivity contribution in [3.63, 3.8) is 0 Å². The van der Waals surface area contributed by atoms with Crippen LogP contribution in [0.2, 0.25) is 0 Å². The van der Waals surface area contributed by atoms with Crippen LogP contribution in [0.1, 0.15) is 60.5 Å². The van der Waals surface area contributed by atoms with E-state index >= 15 is 0 Å². The Morgan fingerprint density at radius 2 is 1.93 bits per heavy atom. The highest BCUT2D eigenvalue weighted by atomic mass is 19.3. The maximum Gasteiger partial charge on any atom is 0.260 e. The van der Waals surface area contributed by atoms with Gasteiger partial charge in [0.15, 0.2) is 0 Å². The van der Waals surface area contributed by atoms with Crippen molar-refractivity contribution in [2.24, 2.45) is 0 Å². The second-order valence-electron chi connectivity index (χ2n) is 9.52. The Bertz CT molecular complexity index is 920. The number of alkyl halides is 3. The largest absolute Gasteiger partial charge is 0.390 e. The Hall–Kier alpha value is -2.09. The van der Waals surface area contributed by atoms with E-state index in [-0.39, 0.29) is 30.3 Å². The van der Waals surface area contributed by atoms with Crippen LogP contribution in [0.5, 0.6) is 0 Å². The predicted octanol–water partition coefficient (Wildman–Crippen LogP) is 2.41. The summed E-state index contributed by atoms with van der Waals surface area (Å²) < 4.78 is 43.3. The molecule has 0 aromatic heterocycles. The first-order chi connectivity index (χ1) is 13.4. The van der Waals surface area contributed by atoms with Crippen molar-refractivity contribution in [3.8, 4) is 0 Å². The zero-order valence-corrected chi connectivity index (χ0v) is 16.1. The van der Waals surface area contributed by atoms with Gasteiger partial charge in [0.05, 0.1) is 17.6 Å². The number of hydrogen-bond donors (Lipinski definition) is 2. The van der Waals surface area contributed by atoms with E-state index in [2.05, 4.69) is 5.32 Å². The summed E-state index contributed by atoms with van der Waals surface area (Å²) in [5.41, 5.74) is -3.12. The molecule has 2 amide bonds. The van der Waals surface area contributed by atoms with E-state index in [4.69, 9.17) is 0 Å². The first-order valence-electron chi connectivity index (χ1n) is 9.98. The van der Waals surface area contributed by atoms with Crippen LogP contribution >= 0.6 is 0 Å². The van der Waals surface area contributed by atoms with Crippen molar-refractivity contribution in [2.45, 2.75) is 67.7 Å². The molecule has 0 saturated heterocycles. The molecule has 3 saturated carbocycles. The molecule has 8 heteroatoms. The number of nitrogens with one attached hydrogen (secondary N) is 1. The van der Waals surface area contributed by atoms with E-state index in [1.807, 2.05) is 0 Å². The van der Waals surface area contributed by atoms with Crippen molar-refractivity contribution in [1.29, 1.82) is 0 Å².